The molecule has 0 fully saturated rings. The lowest BCUT2D eigenvalue weighted by Crippen LogP contribution is -2.31. The zero-order chi connectivity index (χ0) is 11.1. The number of benzene rings is 1. The van der Waals surface area contributed by atoms with Crippen LogP contribution >= 0.6 is 12.2 Å². The van der Waals surface area contributed by atoms with Gasteiger partial charge in [-0.05, 0) is 36.8 Å². The molecule has 80 valence electrons. The topological polar surface area (TPSA) is 36.4 Å². The highest BCUT2D eigenvalue weighted by molar-refractivity contribution is 7.80. The molecule has 2 N–H and O–H groups in total. The van der Waals surface area contributed by atoms with Gasteiger partial charge in [-0.15, -0.1) is 0 Å². The van der Waals surface area contributed by atoms with E-state index >= 15 is 0 Å². The van der Waals surface area contributed by atoms with E-state index in [4.69, 9.17) is 12.2 Å². The molecule has 0 saturated heterocycles. The number of nitrogens with zero attached hydrogens (tertiary/aromatic N) is 1. The molecule has 0 radical (unpaired) electrons. The van der Waals surface area contributed by atoms with Crippen LogP contribution in [0.5, 0.6) is 0 Å². The van der Waals surface area contributed by atoms with Crippen LogP contribution in [0.4, 0.5) is 4.39 Å². The summed E-state index contributed by atoms with van der Waals surface area (Å²) in [6.45, 7) is 2.69. The van der Waals surface area contributed by atoms with Crippen molar-refractivity contribution in [1.82, 2.24) is 10.7 Å². The molecule has 0 aliphatic carbocycles. The quantitative estimate of drug-likeness (QED) is 0.466. The van der Waals surface area contributed by atoms with Gasteiger partial charge in [-0.3, -0.25) is 5.43 Å². The van der Waals surface area contributed by atoms with Crippen LogP contribution in [0.15, 0.2) is 29.4 Å². The second-order valence-electron chi connectivity index (χ2n) is 2.78. The summed E-state index contributed by atoms with van der Waals surface area (Å²) in [6.07, 6.45) is 1.57. The fourth-order valence-electron chi connectivity index (χ4n) is 0.914. The van der Waals surface area contributed by atoms with Gasteiger partial charge in [-0.2, -0.15) is 5.10 Å². The third-order valence-electron chi connectivity index (χ3n) is 1.59. The minimum absolute atomic E-state index is 0.261. The van der Waals surface area contributed by atoms with Gasteiger partial charge in [0.25, 0.3) is 0 Å². The third-order valence-corrected chi connectivity index (χ3v) is 1.82. The summed E-state index contributed by atoms with van der Waals surface area (Å²) in [5.41, 5.74) is 3.45. The van der Waals surface area contributed by atoms with E-state index in [0.29, 0.717) is 5.11 Å². The maximum Gasteiger partial charge on any atom is 0.186 e. The molecule has 0 spiro atoms. The molecule has 0 heterocycles. The van der Waals surface area contributed by atoms with Crippen molar-refractivity contribution in [3.8, 4) is 0 Å². The van der Waals surface area contributed by atoms with Crippen molar-refractivity contribution in [2.24, 2.45) is 5.10 Å². The summed E-state index contributed by atoms with van der Waals surface area (Å²) < 4.78 is 12.5. The predicted octanol–water partition coefficient (Wildman–Crippen LogP) is 1.64. The molecule has 1 aromatic carbocycles. The highest BCUT2D eigenvalue weighted by Crippen LogP contribution is 1.99. The van der Waals surface area contributed by atoms with Crippen LogP contribution in [0.25, 0.3) is 0 Å². The summed E-state index contributed by atoms with van der Waals surface area (Å²) >= 11 is 4.89. The average Bonchev–Trinajstić information content (AvgIpc) is 2.21. The molecule has 0 aliphatic rings. The Morgan fingerprint density at radius 1 is 1.47 bits per heavy atom. The number of rotatable bonds is 3. The molecule has 1 aromatic rings. The summed E-state index contributed by atoms with van der Waals surface area (Å²) in [6, 6.07) is 6.03. The molecule has 1 rings (SSSR count). The van der Waals surface area contributed by atoms with Gasteiger partial charge >= 0.3 is 0 Å². The van der Waals surface area contributed by atoms with Crippen LogP contribution in [0.3, 0.4) is 0 Å². The van der Waals surface area contributed by atoms with Crippen molar-refractivity contribution in [3.05, 3.63) is 35.6 Å². The number of hydrazone groups is 1. The molecule has 3 nitrogen and oxygen atoms in total. The first-order valence-corrected chi connectivity index (χ1v) is 4.95. The van der Waals surface area contributed by atoms with E-state index in [2.05, 4.69) is 15.8 Å². The predicted molar refractivity (Wildman–Crippen MR) is 63.4 cm³/mol. The van der Waals surface area contributed by atoms with Crippen molar-refractivity contribution in [2.75, 3.05) is 6.54 Å². The van der Waals surface area contributed by atoms with Crippen LogP contribution in [0.1, 0.15) is 12.5 Å². The third kappa shape index (κ3) is 4.51. The van der Waals surface area contributed by atoms with Gasteiger partial charge in [0, 0.05) is 6.54 Å². The fraction of sp³-hybridized carbons (Fsp3) is 0.200. The lowest BCUT2D eigenvalue weighted by atomic mass is 10.2. The van der Waals surface area contributed by atoms with Crippen LogP contribution in [0.2, 0.25) is 0 Å². The monoisotopic (exact) mass is 225 g/mol. The Bertz CT molecular complexity index is 348. The number of thiocarbonyl (C=S) groups is 1. The molecule has 0 aromatic heterocycles. The first-order chi connectivity index (χ1) is 7.22. The van der Waals surface area contributed by atoms with E-state index < -0.39 is 0 Å². The van der Waals surface area contributed by atoms with E-state index in [-0.39, 0.29) is 5.82 Å². The summed E-state index contributed by atoms with van der Waals surface area (Å²) in [5.74, 6) is -0.261. The van der Waals surface area contributed by atoms with Crippen LogP contribution < -0.4 is 10.7 Å². The number of hydrogen-bond acceptors (Lipinski definition) is 2. The lowest BCUT2D eigenvalue weighted by molar-refractivity contribution is 0.628. The molecule has 15 heavy (non-hydrogen) atoms. The molecule has 0 amide bonds. The molecular weight excluding hydrogens is 213 g/mol. The average molecular weight is 225 g/mol. The molecular formula is C10H12FN3S. The van der Waals surface area contributed by atoms with Crippen LogP contribution in [0, 0.1) is 5.82 Å². The SMILES string of the molecule is CCNC(=S)N/N=C\c1ccc(F)cc1. The second kappa shape index (κ2) is 6.08. The van der Waals surface area contributed by atoms with Gasteiger partial charge in [0.15, 0.2) is 5.11 Å². The minimum atomic E-state index is -0.261. The van der Waals surface area contributed by atoms with E-state index in [1.165, 1.54) is 12.1 Å². The van der Waals surface area contributed by atoms with Crippen LogP contribution in [-0.4, -0.2) is 17.9 Å². The Kier molecular flexibility index (Phi) is 4.70. The normalized spacial score (nSPS) is 10.3. The fourth-order valence-corrected chi connectivity index (χ4v) is 1.11. The Labute approximate surface area is 93.4 Å². The number of halogens is 1. The Balaban J connectivity index is 2.44. The van der Waals surface area contributed by atoms with Crippen LogP contribution in [-0.2, 0) is 0 Å². The Morgan fingerprint density at radius 3 is 2.73 bits per heavy atom. The molecule has 0 bridgehead atoms. The first kappa shape index (κ1) is 11.6. The van der Waals surface area contributed by atoms with E-state index in [1.54, 1.807) is 18.3 Å². The second-order valence-corrected chi connectivity index (χ2v) is 3.19. The van der Waals surface area contributed by atoms with E-state index in [9.17, 15) is 4.39 Å². The summed E-state index contributed by atoms with van der Waals surface area (Å²) in [5, 5.41) is 7.24. The van der Waals surface area contributed by atoms with Gasteiger partial charge in [-0.1, -0.05) is 12.1 Å². The smallest absolute Gasteiger partial charge is 0.186 e. The van der Waals surface area contributed by atoms with E-state index in [0.717, 1.165) is 12.1 Å². The van der Waals surface area contributed by atoms with Gasteiger partial charge in [-0.25, -0.2) is 4.39 Å². The van der Waals surface area contributed by atoms with Crippen molar-refractivity contribution in [3.63, 3.8) is 0 Å². The zero-order valence-electron chi connectivity index (χ0n) is 8.33. The van der Waals surface area contributed by atoms with E-state index in [1.807, 2.05) is 6.92 Å². The first-order valence-electron chi connectivity index (χ1n) is 4.55. The number of nitrogens with one attached hydrogen (secondary N) is 2. The molecule has 0 aliphatic heterocycles. The van der Waals surface area contributed by atoms with Crippen molar-refractivity contribution in [1.29, 1.82) is 0 Å². The minimum Gasteiger partial charge on any atom is -0.362 e. The highest BCUT2D eigenvalue weighted by Gasteiger charge is 1.90. The molecule has 0 saturated carbocycles. The Hall–Kier alpha value is -1.49. The number of hydrogen-bond donors (Lipinski definition) is 2. The standard InChI is InChI=1S/C10H12FN3S/c1-2-12-10(15)14-13-7-8-3-5-9(11)6-4-8/h3-7H,2H2,1H3,(H2,12,14,15)/b13-7-. The van der Waals surface area contributed by atoms with Crippen molar-refractivity contribution < 1.29 is 4.39 Å². The molecule has 0 unspecified atom stereocenters. The summed E-state index contributed by atoms with van der Waals surface area (Å²) in [4.78, 5) is 0. The highest BCUT2D eigenvalue weighted by atomic mass is 32.1. The zero-order valence-corrected chi connectivity index (χ0v) is 9.14. The van der Waals surface area contributed by atoms with Gasteiger partial charge < -0.3 is 5.32 Å². The maximum absolute atomic E-state index is 12.5. The lowest BCUT2D eigenvalue weighted by Gasteiger charge is -2.02. The van der Waals surface area contributed by atoms with Gasteiger partial charge in [0.2, 0.25) is 0 Å². The van der Waals surface area contributed by atoms with Gasteiger partial charge in [0.05, 0.1) is 6.21 Å². The molecule has 0 atom stereocenters. The largest absolute Gasteiger partial charge is 0.362 e. The van der Waals surface area contributed by atoms with Crippen molar-refractivity contribution in [2.45, 2.75) is 6.92 Å². The Morgan fingerprint density at radius 2 is 2.13 bits per heavy atom. The van der Waals surface area contributed by atoms with Crippen molar-refractivity contribution >= 4 is 23.5 Å². The maximum atomic E-state index is 12.5. The summed E-state index contributed by atoms with van der Waals surface area (Å²) in [7, 11) is 0. The van der Waals surface area contributed by atoms with Gasteiger partial charge in [0.1, 0.15) is 5.82 Å². The molecule has 5 heteroatoms.